The van der Waals surface area contributed by atoms with E-state index in [-0.39, 0.29) is 28.9 Å². The highest BCUT2D eigenvalue weighted by atomic mass is 16.2. The molecule has 1 aliphatic rings. The smallest absolute Gasteiger partial charge is 0.321 e. The Balaban J connectivity index is 2.48. The number of imide groups is 1. The highest BCUT2D eigenvalue weighted by Gasteiger charge is 2.50. The average molecular weight is 240 g/mol. The molecule has 0 aromatic rings. The van der Waals surface area contributed by atoms with E-state index in [0.717, 1.165) is 6.42 Å². The number of hydrogen-bond acceptors (Lipinski definition) is 3. The van der Waals surface area contributed by atoms with Gasteiger partial charge in [-0.3, -0.25) is 14.9 Å². The molecule has 0 aromatic heterocycles. The van der Waals surface area contributed by atoms with Gasteiger partial charge < -0.3 is 5.32 Å². The minimum Gasteiger partial charge on any atom is -0.341 e. The van der Waals surface area contributed by atoms with Gasteiger partial charge in [0.2, 0.25) is 5.91 Å². The van der Waals surface area contributed by atoms with Gasteiger partial charge in [-0.05, 0) is 24.7 Å². The van der Waals surface area contributed by atoms with Crippen LogP contribution < -0.4 is 10.6 Å². The summed E-state index contributed by atoms with van der Waals surface area (Å²) in [5.41, 5.74) is -0.147. The molecule has 0 heterocycles. The molecule has 17 heavy (non-hydrogen) atoms. The SMILES string of the molecule is CNC(=O)NC(=O)CC1CC(C(C)=O)C1(C)C. The number of ketones is 1. The van der Waals surface area contributed by atoms with Crippen LogP contribution in [0.15, 0.2) is 0 Å². The van der Waals surface area contributed by atoms with Crippen molar-refractivity contribution in [3.05, 3.63) is 0 Å². The Morgan fingerprint density at radius 3 is 2.29 bits per heavy atom. The average Bonchev–Trinajstić information content (AvgIpc) is 2.22. The fraction of sp³-hybridized carbons (Fsp3) is 0.750. The number of urea groups is 1. The van der Waals surface area contributed by atoms with Gasteiger partial charge in [-0.15, -0.1) is 0 Å². The van der Waals surface area contributed by atoms with Gasteiger partial charge in [0.1, 0.15) is 5.78 Å². The van der Waals surface area contributed by atoms with Crippen molar-refractivity contribution in [1.82, 2.24) is 10.6 Å². The van der Waals surface area contributed by atoms with Crippen LogP contribution in [0.1, 0.15) is 33.6 Å². The Bertz CT molecular complexity index is 350. The number of carbonyl (C=O) groups is 3. The van der Waals surface area contributed by atoms with Crippen LogP contribution in [0.4, 0.5) is 4.79 Å². The molecule has 0 aliphatic heterocycles. The Labute approximate surface area is 101 Å². The van der Waals surface area contributed by atoms with Crippen molar-refractivity contribution >= 4 is 17.7 Å². The van der Waals surface area contributed by atoms with E-state index in [1.807, 2.05) is 13.8 Å². The molecule has 0 spiro atoms. The molecule has 3 amide bonds. The summed E-state index contributed by atoms with van der Waals surface area (Å²) in [5.74, 6) is 0.101. The lowest BCUT2D eigenvalue weighted by molar-refractivity contribution is -0.140. The molecule has 2 unspecified atom stereocenters. The van der Waals surface area contributed by atoms with Crippen molar-refractivity contribution in [3.8, 4) is 0 Å². The van der Waals surface area contributed by atoms with Crippen molar-refractivity contribution in [2.24, 2.45) is 17.3 Å². The van der Waals surface area contributed by atoms with Crippen LogP contribution >= 0.6 is 0 Å². The van der Waals surface area contributed by atoms with Gasteiger partial charge in [-0.25, -0.2) is 4.79 Å². The molecule has 96 valence electrons. The summed E-state index contributed by atoms with van der Waals surface area (Å²) in [6, 6.07) is -0.491. The molecule has 0 saturated heterocycles. The third kappa shape index (κ3) is 2.84. The maximum Gasteiger partial charge on any atom is 0.321 e. The van der Waals surface area contributed by atoms with Gasteiger partial charge in [0.05, 0.1) is 0 Å². The molecule has 1 rings (SSSR count). The molecule has 1 fully saturated rings. The number of amides is 3. The van der Waals surface area contributed by atoms with E-state index >= 15 is 0 Å². The highest BCUT2D eigenvalue weighted by Crippen LogP contribution is 2.53. The van der Waals surface area contributed by atoms with E-state index in [0.29, 0.717) is 6.42 Å². The van der Waals surface area contributed by atoms with Crippen molar-refractivity contribution < 1.29 is 14.4 Å². The van der Waals surface area contributed by atoms with Gasteiger partial charge in [-0.2, -0.15) is 0 Å². The lowest BCUT2D eigenvalue weighted by atomic mass is 9.52. The van der Waals surface area contributed by atoms with Crippen molar-refractivity contribution in [2.45, 2.75) is 33.6 Å². The number of hydrogen-bond donors (Lipinski definition) is 2. The second-order valence-electron chi connectivity index (χ2n) is 5.25. The fourth-order valence-electron chi connectivity index (χ4n) is 2.52. The van der Waals surface area contributed by atoms with Crippen molar-refractivity contribution in [2.75, 3.05) is 7.05 Å². The first-order valence-corrected chi connectivity index (χ1v) is 5.81. The standard InChI is InChI=1S/C12H20N2O3/c1-7(15)9-5-8(12(9,2)3)6-10(16)14-11(17)13-4/h8-9H,5-6H2,1-4H3,(H2,13,14,16,17). The molecule has 5 heteroatoms. The maximum absolute atomic E-state index is 11.5. The van der Waals surface area contributed by atoms with E-state index in [4.69, 9.17) is 0 Å². The normalized spacial score (nSPS) is 25.6. The summed E-state index contributed by atoms with van der Waals surface area (Å²) in [6.07, 6.45) is 1.04. The third-order valence-electron chi connectivity index (χ3n) is 3.87. The molecule has 1 aliphatic carbocycles. The van der Waals surface area contributed by atoms with Crippen LogP contribution in [0.5, 0.6) is 0 Å². The van der Waals surface area contributed by atoms with Crippen LogP contribution in [0.2, 0.25) is 0 Å². The molecular weight excluding hydrogens is 220 g/mol. The Morgan fingerprint density at radius 1 is 1.29 bits per heavy atom. The summed E-state index contributed by atoms with van der Waals surface area (Å²) < 4.78 is 0. The van der Waals surface area contributed by atoms with E-state index < -0.39 is 6.03 Å². The van der Waals surface area contributed by atoms with Gasteiger partial charge in [0.15, 0.2) is 0 Å². The summed E-state index contributed by atoms with van der Waals surface area (Å²) in [7, 11) is 1.46. The number of nitrogens with one attached hydrogen (secondary N) is 2. The van der Waals surface area contributed by atoms with E-state index in [1.165, 1.54) is 7.05 Å². The van der Waals surface area contributed by atoms with Crippen LogP contribution in [0, 0.1) is 17.3 Å². The summed E-state index contributed by atoms with van der Waals surface area (Å²) >= 11 is 0. The van der Waals surface area contributed by atoms with Crippen molar-refractivity contribution in [3.63, 3.8) is 0 Å². The molecule has 1 saturated carbocycles. The second kappa shape index (κ2) is 4.85. The third-order valence-corrected chi connectivity index (χ3v) is 3.87. The minimum absolute atomic E-state index is 0.0419. The Hall–Kier alpha value is -1.39. The maximum atomic E-state index is 11.5. The lowest BCUT2D eigenvalue weighted by Crippen LogP contribution is -2.50. The van der Waals surface area contributed by atoms with Gasteiger partial charge in [0, 0.05) is 19.4 Å². The van der Waals surface area contributed by atoms with Gasteiger partial charge in [-0.1, -0.05) is 13.8 Å². The van der Waals surface area contributed by atoms with Crippen molar-refractivity contribution in [1.29, 1.82) is 0 Å². The first-order chi connectivity index (χ1) is 7.78. The van der Waals surface area contributed by atoms with Crippen LogP contribution in [-0.2, 0) is 9.59 Å². The molecule has 2 N–H and O–H groups in total. The molecule has 0 radical (unpaired) electrons. The minimum atomic E-state index is -0.491. The zero-order valence-corrected chi connectivity index (χ0v) is 10.8. The second-order valence-corrected chi connectivity index (χ2v) is 5.25. The number of carbonyl (C=O) groups excluding carboxylic acids is 3. The molecule has 0 aromatic carbocycles. The Kier molecular flexibility index (Phi) is 3.91. The highest BCUT2D eigenvalue weighted by molar-refractivity contribution is 5.94. The molecular formula is C12H20N2O3. The predicted molar refractivity (Wildman–Crippen MR) is 63.3 cm³/mol. The van der Waals surface area contributed by atoms with Gasteiger partial charge in [0.25, 0.3) is 0 Å². The largest absolute Gasteiger partial charge is 0.341 e. The monoisotopic (exact) mass is 240 g/mol. The topological polar surface area (TPSA) is 75.3 Å². The zero-order valence-electron chi connectivity index (χ0n) is 10.8. The Morgan fingerprint density at radius 2 is 1.88 bits per heavy atom. The van der Waals surface area contributed by atoms with Crippen LogP contribution in [-0.4, -0.2) is 24.8 Å². The van der Waals surface area contributed by atoms with E-state index in [9.17, 15) is 14.4 Å². The molecule has 5 nitrogen and oxygen atoms in total. The van der Waals surface area contributed by atoms with Gasteiger partial charge >= 0.3 is 6.03 Å². The first-order valence-electron chi connectivity index (χ1n) is 5.81. The molecule has 0 bridgehead atoms. The van der Waals surface area contributed by atoms with Crippen LogP contribution in [0.3, 0.4) is 0 Å². The summed E-state index contributed by atoms with van der Waals surface area (Å²) in [5, 5.41) is 4.56. The number of rotatable bonds is 3. The summed E-state index contributed by atoms with van der Waals surface area (Å²) in [4.78, 5) is 33.8. The first kappa shape index (κ1) is 13.7. The molecule has 2 atom stereocenters. The van der Waals surface area contributed by atoms with E-state index in [2.05, 4.69) is 10.6 Å². The summed E-state index contributed by atoms with van der Waals surface area (Å²) in [6.45, 7) is 5.59. The quantitative estimate of drug-likeness (QED) is 0.775. The number of Topliss-reactive ketones (excluding diaryl/α,β-unsaturated/α-hetero) is 1. The zero-order chi connectivity index (χ0) is 13.2. The predicted octanol–water partition coefficient (Wildman–Crippen LogP) is 1.08. The van der Waals surface area contributed by atoms with Crippen LogP contribution in [0.25, 0.3) is 0 Å². The van der Waals surface area contributed by atoms with E-state index in [1.54, 1.807) is 6.92 Å². The lowest BCUT2D eigenvalue weighted by Gasteiger charge is -2.51. The fourth-order valence-corrected chi connectivity index (χ4v) is 2.52.